The van der Waals surface area contributed by atoms with E-state index in [4.69, 9.17) is 0 Å². The van der Waals surface area contributed by atoms with Crippen LogP contribution in [0.2, 0.25) is 0 Å². The van der Waals surface area contributed by atoms with Crippen LogP contribution in [-0.4, -0.2) is 21.8 Å². The minimum Gasteiger partial charge on any atom is -0.308 e. The lowest BCUT2D eigenvalue weighted by molar-refractivity contribution is 0.598. The van der Waals surface area contributed by atoms with E-state index in [-0.39, 0.29) is 11.9 Å². The Morgan fingerprint density at radius 2 is 2.22 bits per heavy atom. The molecule has 0 radical (unpaired) electrons. The maximum Gasteiger partial charge on any atom is 0.141 e. The van der Waals surface area contributed by atoms with Gasteiger partial charge in [0.05, 0.1) is 24.1 Å². The van der Waals surface area contributed by atoms with Crippen LogP contribution in [0, 0.1) is 5.82 Å². The van der Waals surface area contributed by atoms with Crippen molar-refractivity contribution in [3.05, 3.63) is 47.8 Å². The molecular weight excluding hydrogens is 231 g/mol. The van der Waals surface area contributed by atoms with Crippen LogP contribution in [0.15, 0.2) is 30.7 Å². The number of halogens is 1. The lowest BCUT2D eigenvalue weighted by Gasteiger charge is -2.13. The number of aromatic nitrogens is 3. The van der Waals surface area contributed by atoms with E-state index in [2.05, 4.69) is 22.3 Å². The topological polar surface area (TPSA) is 42.7 Å². The van der Waals surface area contributed by atoms with Gasteiger partial charge >= 0.3 is 0 Å². The average molecular weight is 248 g/mol. The van der Waals surface area contributed by atoms with Crippen molar-refractivity contribution in [2.45, 2.75) is 25.9 Å². The maximum absolute atomic E-state index is 12.9. The first-order valence-electron chi connectivity index (χ1n) is 6.05. The summed E-state index contributed by atoms with van der Waals surface area (Å²) in [6, 6.07) is 3.05. The van der Waals surface area contributed by atoms with E-state index >= 15 is 0 Å². The second-order valence-corrected chi connectivity index (χ2v) is 4.16. The molecule has 2 aromatic rings. The summed E-state index contributed by atoms with van der Waals surface area (Å²) in [6.07, 6.45) is 6.09. The maximum atomic E-state index is 12.9. The monoisotopic (exact) mass is 248 g/mol. The standard InChI is InChI=1S/C13H17FN4/c1-3-6-18-9-10(7-17-18)13(15-2)12-5-4-11(14)8-16-12/h4-5,7-9,13,15H,3,6H2,1-2H3. The molecule has 0 aliphatic carbocycles. The molecule has 96 valence electrons. The van der Waals surface area contributed by atoms with Gasteiger partial charge in [-0.15, -0.1) is 0 Å². The first-order valence-corrected chi connectivity index (χ1v) is 6.05. The third-order valence-electron chi connectivity index (χ3n) is 2.77. The summed E-state index contributed by atoms with van der Waals surface area (Å²) in [7, 11) is 1.85. The van der Waals surface area contributed by atoms with Crippen molar-refractivity contribution < 1.29 is 4.39 Å². The van der Waals surface area contributed by atoms with Crippen molar-refractivity contribution >= 4 is 0 Å². The van der Waals surface area contributed by atoms with E-state index in [1.807, 2.05) is 24.1 Å². The Labute approximate surface area is 106 Å². The molecule has 0 saturated heterocycles. The summed E-state index contributed by atoms with van der Waals surface area (Å²) in [6.45, 7) is 3.01. The van der Waals surface area contributed by atoms with Crippen LogP contribution in [-0.2, 0) is 6.54 Å². The average Bonchev–Trinajstić information content (AvgIpc) is 2.82. The Bertz CT molecular complexity index is 492. The van der Waals surface area contributed by atoms with Gasteiger partial charge in [0.15, 0.2) is 0 Å². The normalized spacial score (nSPS) is 12.6. The molecule has 0 saturated carbocycles. The van der Waals surface area contributed by atoms with Crippen LogP contribution < -0.4 is 5.32 Å². The van der Waals surface area contributed by atoms with E-state index in [9.17, 15) is 4.39 Å². The predicted molar refractivity (Wildman–Crippen MR) is 67.6 cm³/mol. The van der Waals surface area contributed by atoms with E-state index in [1.165, 1.54) is 12.3 Å². The Hall–Kier alpha value is -1.75. The highest BCUT2D eigenvalue weighted by atomic mass is 19.1. The second-order valence-electron chi connectivity index (χ2n) is 4.16. The fraction of sp³-hybridized carbons (Fsp3) is 0.385. The first-order chi connectivity index (χ1) is 8.74. The molecule has 5 heteroatoms. The van der Waals surface area contributed by atoms with E-state index in [0.717, 1.165) is 24.2 Å². The van der Waals surface area contributed by atoms with Gasteiger partial charge in [0.2, 0.25) is 0 Å². The SMILES string of the molecule is CCCn1cc(C(NC)c2ccc(F)cn2)cn1. The Morgan fingerprint density at radius 1 is 1.39 bits per heavy atom. The molecule has 18 heavy (non-hydrogen) atoms. The molecule has 0 aliphatic rings. The molecule has 4 nitrogen and oxygen atoms in total. The van der Waals surface area contributed by atoms with Crippen LogP contribution in [0.5, 0.6) is 0 Å². The quantitative estimate of drug-likeness (QED) is 0.881. The summed E-state index contributed by atoms with van der Waals surface area (Å²) in [5.41, 5.74) is 1.82. The molecule has 0 bridgehead atoms. The van der Waals surface area contributed by atoms with Crippen molar-refractivity contribution in [2.75, 3.05) is 7.05 Å². The summed E-state index contributed by atoms with van der Waals surface area (Å²) < 4.78 is 14.8. The van der Waals surface area contributed by atoms with Gasteiger partial charge in [0, 0.05) is 18.3 Å². The Morgan fingerprint density at radius 3 is 2.83 bits per heavy atom. The van der Waals surface area contributed by atoms with Gasteiger partial charge in [-0.3, -0.25) is 9.67 Å². The number of pyridine rings is 1. The van der Waals surface area contributed by atoms with Crippen LogP contribution >= 0.6 is 0 Å². The van der Waals surface area contributed by atoms with Crippen molar-refractivity contribution in [3.63, 3.8) is 0 Å². The molecule has 2 heterocycles. The number of nitrogens with one attached hydrogen (secondary N) is 1. The van der Waals surface area contributed by atoms with Crippen LogP contribution in [0.1, 0.15) is 30.6 Å². The van der Waals surface area contributed by atoms with Gasteiger partial charge in [-0.1, -0.05) is 6.92 Å². The van der Waals surface area contributed by atoms with Crippen LogP contribution in [0.3, 0.4) is 0 Å². The van der Waals surface area contributed by atoms with Gasteiger partial charge in [-0.05, 0) is 25.6 Å². The van der Waals surface area contributed by atoms with E-state index in [0.29, 0.717) is 0 Å². The van der Waals surface area contributed by atoms with Crippen LogP contribution in [0.25, 0.3) is 0 Å². The molecule has 1 unspecified atom stereocenters. The lowest BCUT2D eigenvalue weighted by Crippen LogP contribution is -2.18. The fourth-order valence-electron chi connectivity index (χ4n) is 1.92. The minimum atomic E-state index is -0.324. The first kappa shape index (κ1) is 12.7. The molecule has 2 aromatic heterocycles. The molecule has 0 aliphatic heterocycles. The smallest absolute Gasteiger partial charge is 0.141 e. The van der Waals surface area contributed by atoms with Crippen molar-refractivity contribution in [1.82, 2.24) is 20.1 Å². The summed E-state index contributed by atoms with van der Waals surface area (Å²) >= 11 is 0. The molecular formula is C13H17FN4. The zero-order valence-corrected chi connectivity index (χ0v) is 10.6. The zero-order valence-electron chi connectivity index (χ0n) is 10.6. The van der Waals surface area contributed by atoms with Crippen LogP contribution in [0.4, 0.5) is 4.39 Å². The largest absolute Gasteiger partial charge is 0.308 e. The van der Waals surface area contributed by atoms with Crippen molar-refractivity contribution in [2.24, 2.45) is 0 Å². The molecule has 2 rings (SSSR count). The van der Waals surface area contributed by atoms with Gasteiger partial charge in [-0.2, -0.15) is 5.10 Å². The van der Waals surface area contributed by atoms with Gasteiger partial charge in [-0.25, -0.2) is 4.39 Å². The summed E-state index contributed by atoms with van der Waals surface area (Å²) in [4.78, 5) is 4.11. The lowest BCUT2D eigenvalue weighted by atomic mass is 10.1. The predicted octanol–water partition coefficient (Wildman–Crippen LogP) is 2.14. The Kier molecular flexibility index (Phi) is 4.04. The highest BCUT2D eigenvalue weighted by Crippen LogP contribution is 2.19. The molecule has 0 spiro atoms. The number of hydrogen-bond acceptors (Lipinski definition) is 3. The highest BCUT2D eigenvalue weighted by molar-refractivity contribution is 5.23. The van der Waals surface area contributed by atoms with Gasteiger partial charge in [0.25, 0.3) is 0 Å². The summed E-state index contributed by atoms with van der Waals surface area (Å²) in [5, 5.41) is 7.46. The number of rotatable bonds is 5. The summed E-state index contributed by atoms with van der Waals surface area (Å²) in [5.74, 6) is -0.324. The third-order valence-corrected chi connectivity index (χ3v) is 2.77. The van der Waals surface area contributed by atoms with Crippen molar-refractivity contribution in [3.8, 4) is 0 Å². The molecule has 0 amide bonds. The van der Waals surface area contributed by atoms with Gasteiger partial charge in [0.1, 0.15) is 5.82 Å². The number of aryl methyl sites for hydroxylation is 1. The molecule has 0 fully saturated rings. The molecule has 1 N–H and O–H groups in total. The number of nitrogens with zero attached hydrogens (tertiary/aromatic N) is 3. The minimum absolute atomic E-state index is 0.0591. The van der Waals surface area contributed by atoms with Gasteiger partial charge < -0.3 is 5.32 Å². The van der Waals surface area contributed by atoms with Crippen molar-refractivity contribution in [1.29, 1.82) is 0 Å². The Balaban J connectivity index is 2.24. The third kappa shape index (κ3) is 2.73. The zero-order chi connectivity index (χ0) is 13.0. The molecule has 1 atom stereocenters. The fourth-order valence-corrected chi connectivity index (χ4v) is 1.92. The highest BCUT2D eigenvalue weighted by Gasteiger charge is 2.15. The van der Waals surface area contributed by atoms with E-state index < -0.39 is 0 Å². The number of hydrogen-bond donors (Lipinski definition) is 1. The van der Waals surface area contributed by atoms with E-state index in [1.54, 1.807) is 6.07 Å². The second kappa shape index (κ2) is 5.73. The molecule has 0 aromatic carbocycles.